The first-order valence-corrected chi connectivity index (χ1v) is 7.32. The first kappa shape index (κ1) is 16.0. The van der Waals surface area contributed by atoms with Crippen molar-refractivity contribution in [2.75, 3.05) is 13.2 Å². The molecule has 0 aliphatic carbocycles. The zero-order valence-corrected chi connectivity index (χ0v) is 12.0. The molecule has 1 rings (SSSR count). The third-order valence-electron chi connectivity index (χ3n) is 1.95. The minimum Gasteiger partial charge on any atom is -0.394 e. The summed E-state index contributed by atoms with van der Waals surface area (Å²) in [5.41, 5.74) is 0. The highest BCUT2D eigenvalue weighted by Gasteiger charge is 2.23. The second kappa shape index (κ2) is 6.38. The van der Waals surface area contributed by atoms with Crippen LogP contribution in [-0.2, 0) is 10.0 Å². The Morgan fingerprint density at radius 2 is 1.72 bits per heavy atom. The molecule has 1 aromatic rings. The quantitative estimate of drug-likeness (QED) is 0.757. The Labute approximate surface area is 119 Å². The van der Waals surface area contributed by atoms with E-state index in [1.807, 2.05) is 0 Å². The van der Waals surface area contributed by atoms with Crippen molar-refractivity contribution in [3.8, 4) is 0 Å². The summed E-state index contributed by atoms with van der Waals surface area (Å²) in [7, 11) is -3.99. The van der Waals surface area contributed by atoms with E-state index in [1.54, 1.807) is 0 Å². The summed E-state index contributed by atoms with van der Waals surface area (Å²) in [5, 5.41) is 17.6. The number of hydrogen-bond donors (Lipinski definition) is 3. The van der Waals surface area contributed by atoms with Gasteiger partial charge in [0.05, 0.1) is 22.8 Å². The van der Waals surface area contributed by atoms with Gasteiger partial charge in [-0.3, -0.25) is 0 Å². The van der Waals surface area contributed by atoms with Crippen LogP contribution in [0.5, 0.6) is 0 Å². The van der Waals surface area contributed by atoms with Crippen LogP contribution in [0.3, 0.4) is 0 Å². The molecule has 1 unspecified atom stereocenters. The lowest BCUT2D eigenvalue weighted by Crippen LogP contribution is -2.34. The minimum absolute atomic E-state index is 0.126. The topological polar surface area (TPSA) is 86.6 Å². The fourth-order valence-electron chi connectivity index (χ4n) is 1.13. The van der Waals surface area contributed by atoms with Crippen LogP contribution in [0, 0.1) is 0 Å². The Hall–Kier alpha value is -0.0800. The van der Waals surface area contributed by atoms with Crippen molar-refractivity contribution in [1.29, 1.82) is 0 Å². The van der Waals surface area contributed by atoms with Crippen LogP contribution >= 0.6 is 34.8 Å². The van der Waals surface area contributed by atoms with E-state index in [0.717, 1.165) is 0 Å². The summed E-state index contributed by atoms with van der Waals surface area (Å²) in [4.78, 5) is -0.319. The Bertz CT molecular complexity index is 512. The Kier molecular flexibility index (Phi) is 5.67. The number of nitrogens with one attached hydrogen (secondary N) is 1. The second-order valence-corrected chi connectivity index (χ2v) is 6.34. The van der Waals surface area contributed by atoms with Gasteiger partial charge in [0.1, 0.15) is 4.90 Å². The molecule has 1 atom stereocenters. The van der Waals surface area contributed by atoms with Crippen molar-refractivity contribution in [3.05, 3.63) is 27.2 Å². The van der Waals surface area contributed by atoms with E-state index in [4.69, 9.17) is 45.0 Å². The molecular weight excluding hydrogens is 325 g/mol. The van der Waals surface area contributed by atoms with Crippen LogP contribution in [0.25, 0.3) is 0 Å². The number of sulfonamides is 1. The van der Waals surface area contributed by atoms with Gasteiger partial charge in [-0.2, -0.15) is 0 Å². The lowest BCUT2D eigenvalue weighted by Gasteiger charge is -2.12. The molecule has 0 radical (unpaired) electrons. The number of aliphatic hydroxyl groups is 2. The van der Waals surface area contributed by atoms with Gasteiger partial charge in [0.15, 0.2) is 0 Å². The largest absolute Gasteiger partial charge is 0.394 e. The smallest absolute Gasteiger partial charge is 0.243 e. The molecule has 1 aromatic carbocycles. The fourth-order valence-corrected chi connectivity index (χ4v) is 3.74. The molecule has 0 amide bonds. The highest BCUT2D eigenvalue weighted by Crippen LogP contribution is 2.32. The molecular formula is C9H10Cl3NO4S. The van der Waals surface area contributed by atoms with Crippen molar-refractivity contribution in [1.82, 2.24) is 4.72 Å². The summed E-state index contributed by atoms with van der Waals surface area (Å²) in [6.07, 6.45) is -1.20. The molecule has 102 valence electrons. The monoisotopic (exact) mass is 333 g/mol. The summed E-state index contributed by atoms with van der Waals surface area (Å²) in [6.45, 7) is -0.918. The molecule has 0 saturated heterocycles. The molecule has 9 heteroatoms. The average molecular weight is 335 g/mol. The fraction of sp³-hybridized carbons (Fsp3) is 0.333. The molecule has 0 fully saturated rings. The summed E-state index contributed by atoms with van der Waals surface area (Å²) < 4.78 is 25.9. The van der Waals surface area contributed by atoms with E-state index < -0.39 is 22.7 Å². The molecule has 0 aliphatic rings. The van der Waals surface area contributed by atoms with E-state index in [9.17, 15) is 8.42 Å². The molecule has 3 N–H and O–H groups in total. The zero-order valence-electron chi connectivity index (χ0n) is 8.90. The third kappa shape index (κ3) is 3.96. The second-order valence-electron chi connectivity index (χ2n) is 3.39. The van der Waals surface area contributed by atoms with Crippen molar-refractivity contribution >= 4 is 44.8 Å². The summed E-state index contributed by atoms with van der Waals surface area (Å²) in [5.74, 6) is 0. The highest BCUT2D eigenvalue weighted by molar-refractivity contribution is 7.89. The standard InChI is InChI=1S/C9H10Cl3NO4S/c10-5-1-7(11)9(8(12)2-5)18(16,17)13-3-6(15)4-14/h1-2,6,13-15H,3-4H2. The first-order valence-electron chi connectivity index (χ1n) is 4.71. The van der Waals surface area contributed by atoms with E-state index >= 15 is 0 Å². The van der Waals surface area contributed by atoms with Gasteiger partial charge in [-0.05, 0) is 12.1 Å². The predicted molar refractivity (Wildman–Crippen MR) is 69.8 cm³/mol. The maximum atomic E-state index is 11.9. The number of benzene rings is 1. The maximum Gasteiger partial charge on any atom is 0.243 e. The normalized spacial score (nSPS) is 13.6. The molecule has 0 aromatic heterocycles. The molecule has 0 bridgehead atoms. The van der Waals surface area contributed by atoms with Gasteiger partial charge in [-0.1, -0.05) is 34.8 Å². The predicted octanol–water partition coefficient (Wildman–Crippen LogP) is 1.28. The van der Waals surface area contributed by atoms with Crippen LogP contribution in [-0.4, -0.2) is 37.9 Å². The maximum absolute atomic E-state index is 11.9. The van der Waals surface area contributed by atoms with Gasteiger partial charge in [0, 0.05) is 11.6 Å². The van der Waals surface area contributed by atoms with Crippen LogP contribution in [0.4, 0.5) is 0 Å². The van der Waals surface area contributed by atoms with E-state index in [-0.39, 0.29) is 26.5 Å². The molecule has 0 spiro atoms. The lowest BCUT2D eigenvalue weighted by atomic mass is 10.4. The van der Waals surface area contributed by atoms with E-state index in [0.29, 0.717) is 0 Å². The number of halogens is 3. The Balaban J connectivity index is 3.06. The van der Waals surface area contributed by atoms with E-state index in [1.165, 1.54) is 12.1 Å². The van der Waals surface area contributed by atoms with Gasteiger partial charge < -0.3 is 10.2 Å². The first-order chi connectivity index (χ1) is 8.27. The van der Waals surface area contributed by atoms with Gasteiger partial charge in [0.2, 0.25) is 10.0 Å². The Morgan fingerprint density at radius 1 is 1.22 bits per heavy atom. The molecule has 0 heterocycles. The van der Waals surface area contributed by atoms with Crippen molar-refractivity contribution < 1.29 is 18.6 Å². The molecule has 5 nitrogen and oxygen atoms in total. The zero-order chi connectivity index (χ0) is 13.9. The lowest BCUT2D eigenvalue weighted by molar-refractivity contribution is 0.0988. The molecule has 0 aliphatic heterocycles. The van der Waals surface area contributed by atoms with Gasteiger partial charge in [0.25, 0.3) is 0 Å². The van der Waals surface area contributed by atoms with Gasteiger partial charge >= 0.3 is 0 Å². The number of hydrogen-bond acceptors (Lipinski definition) is 4. The van der Waals surface area contributed by atoms with Crippen LogP contribution in [0.2, 0.25) is 15.1 Å². The van der Waals surface area contributed by atoms with Crippen molar-refractivity contribution in [3.63, 3.8) is 0 Å². The minimum atomic E-state index is -3.99. The third-order valence-corrected chi connectivity index (χ3v) is 4.51. The van der Waals surface area contributed by atoms with Crippen molar-refractivity contribution in [2.24, 2.45) is 0 Å². The molecule has 18 heavy (non-hydrogen) atoms. The van der Waals surface area contributed by atoms with Crippen LogP contribution < -0.4 is 4.72 Å². The van der Waals surface area contributed by atoms with Gasteiger partial charge in [-0.25, -0.2) is 13.1 Å². The SMILES string of the molecule is O=S(=O)(NCC(O)CO)c1c(Cl)cc(Cl)cc1Cl. The molecule has 0 saturated carbocycles. The van der Waals surface area contributed by atoms with Crippen LogP contribution in [0.15, 0.2) is 17.0 Å². The average Bonchev–Trinajstić information content (AvgIpc) is 2.24. The number of aliphatic hydroxyl groups excluding tert-OH is 2. The van der Waals surface area contributed by atoms with E-state index in [2.05, 4.69) is 4.72 Å². The Morgan fingerprint density at radius 3 is 2.17 bits per heavy atom. The summed E-state index contributed by atoms with van der Waals surface area (Å²) >= 11 is 17.2. The number of rotatable bonds is 5. The highest BCUT2D eigenvalue weighted by atomic mass is 35.5. The summed E-state index contributed by atoms with van der Waals surface area (Å²) in [6, 6.07) is 2.48. The van der Waals surface area contributed by atoms with Crippen LogP contribution in [0.1, 0.15) is 0 Å². The van der Waals surface area contributed by atoms with Crippen molar-refractivity contribution in [2.45, 2.75) is 11.0 Å². The van der Waals surface area contributed by atoms with Gasteiger partial charge in [-0.15, -0.1) is 0 Å².